The number of nitrogens with one attached hydrogen (secondary N) is 1. The van der Waals surface area contributed by atoms with Crippen molar-refractivity contribution in [1.29, 1.82) is 0 Å². The van der Waals surface area contributed by atoms with Gasteiger partial charge in [-0.2, -0.15) is 4.98 Å². The van der Waals surface area contributed by atoms with Crippen LogP contribution in [0.1, 0.15) is 12.5 Å². The van der Waals surface area contributed by atoms with E-state index in [1.165, 1.54) is 10.9 Å². The van der Waals surface area contributed by atoms with Gasteiger partial charge in [0.05, 0.1) is 25.9 Å². The number of anilines is 2. The Labute approximate surface area is 256 Å². The van der Waals surface area contributed by atoms with Gasteiger partial charge in [0.2, 0.25) is 14.0 Å². The Morgan fingerprint density at radius 2 is 1.65 bits per heavy atom. The van der Waals surface area contributed by atoms with Crippen LogP contribution in [0.2, 0.25) is 0 Å². The van der Waals surface area contributed by atoms with Gasteiger partial charge in [-0.15, -0.1) is 0 Å². The molecule has 2 aliphatic rings. The van der Waals surface area contributed by atoms with Gasteiger partial charge in [-0.1, -0.05) is 0 Å². The number of H-pyrrole nitrogens is 1. The highest BCUT2D eigenvalue weighted by atomic mass is 31.2. The van der Waals surface area contributed by atoms with E-state index in [0.717, 1.165) is 17.2 Å². The zero-order chi connectivity index (χ0) is 32.9. The smallest absolute Gasteiger partial charge is 0.394 e. The van der Waals surface area contributed by atoms with E-state index in [4.69, 9.17) is 34.7 Å². The van der Waals surface area contributed by atoms with Gasteiger partial charge >= 0.3 is 7.82 Å². The van der Waals surface area contributed by atoms with E-state index in [2.05, 4.69) is 29.9 Å². The molecule has 2 aliphatic heterocycles. The quantitative estimate of drug-likeness (QED) is 0.0724. The van der Waals surface area contributed by atoms with Crippen LogP contribution in [0.3, 0.4) is 0 Å². The second-order valence-electron chi connectivity index (χ2n) is 10.2. The lowest BCUT2D eigenvalue weighted by molar-refractivity contribution is -0.0622. The molecule has 0 aliphatic carbocycles. The molecule has 46 heavy (non-hydrogen) atoms. The number of aromatic amines is 1. The molecule has 23 nitrogen and oxygen atoms in total. The Morgan fingerprint density at radius 1 is 1.00 bits per heavy atom. The van der Waals surface area contributed by atoms with Crippen LogP contribution in [0.25, 0.3) is 22.3 Å². The first-order valence-electron chi connectivity index (χ1n) is 13.3. The van der Waals surface area contributed by atoms with Crippen molar-refractivity contribution in [2.75, 3.05) is 31.0 Å². The lowest BCUT2D eigenvalue weighted by Crippen LogP contribution is -2.37. The maximum Gasteiger partial charge on any atom is 0.472 e. The summed E-state index contributed by atoms with van der Waals surface area (Å²) in [5, 5.41) is 31.9. The van der Waals surface area contributed by atoms with Crippen molar-refractivity contribution in [3.63, 3.8) is 0 Å². The van der Waals surface area contributed by atoms with Crippen molar-refractivity contribution in [1.82, 2.24) is 39.0 Å². The van der Waals surface area contributed by atoms with Crippen molar-refractivity contribution in [3.8, 4) is 0 Å². The number of aromatic nitrogens is 8. The molecule has 6 heterocycles. The van der Waals surface area contributed by atoms with E-state index in [1.54, 1.807) is 0 Å². The second kappa shape index (κ2) is 12.6. The second-order valence-corrected chi connectivity index (χ2v) is 12.6. The van der Waals surface area contributed by atoms with Gasteiger partial charge in [-0.3, -0.25) is 32.5 Å². The molecule has 6 rings (SSSR count). The highest BCUT2D eigenvalue weighted by molar-refractivity contribution is 7.47. The van der Waals surface area contributed by atoms with E-state index in [1.807, 2.05) is 0 Å². The summed E-state index contributed by atoms with van der Waals surface area (Å²) in [7, 11) is -8.28. The molecule has 250 valence electrons. The predicted octanol–water partition coefficient (Wildman–Crippen LogP) is -3.06. The molecule has 2 saturated heterocycles. The van der Waals surface area contributed by atoms with E-state index in [9.17, 15) is 39.0 Å². The highest BCUT2D eigenvalue weighted by Crippen LogP contribution is 2.49. The van der Waals surface area contributed by atoms with E-state index in [-0.39, 0.29) is 34.1 Å². The van der Waals surface area contributed by atoms with Crippen LogP contribution in [-0.4, -0.2) is 120 Å². The Hall–Kier alpha value is -3.44. The maximum atomic E-state index is 13.1. The third-order valence-electron chi connectivity index (χ3n) is 7.24. The summed E-state index contributed by atoms with van der Waals surface area (Å²) in [5.41, 5.74) is 10.9. The summed E-state index contributed by atoms with van der Waals surface area (Å²) in [6.07, 6.45) is -8.75. The number of aliphatic hydroxyl groups is 3. The van der Waals surface area contributed by atoms with Gasteiger partial charge in [0.25, 0.3) is 5.56 Å². The van der Waals surface area contributed by atoms with Crippen molar-refractivity contribution in [2.24, 2.45) is 0 Å². The number of aliphatic hydroxyl groups excluding tert-OH is 3. The Bertz CT molecular complexity index is 1870. The van der Waals surface area contributed by atoms with Crippen molar-refractivity contribution in [3.05, 3.63) is 29.3 Å². The molecule has 10 N–H and O–H groups in total. The summed E-state index contributed by atoms with van der Waals surface area (Å²) >= 11 is 0. The fourth-order valence-corrected chi connectivity index (χ4v) is 6.52. The maximum absolute atomic E-state index is 13.1. The fraction of sp³-hybridized carbons (Fsp3) is 0.524. The number of rotatable bonds is 11. The predicted molar refractivity (Wildman–Crippen MR) is 151 cm³/mol. The zero-order valence-electron chi connectivity index (χ0n) is 23.2. The monoisotopic (exact) mass is 690 g/mol. The number of hydrogen-bond acceptors (Lipinski definition) is 18. The number of hydrogen-bond donors (Lipinski definition) is 8. The Kier molecular flexibility index (Phi) is 8.93. The molecule has 25 heteroatoms. The van der Waals surface area contributed by atoms with Crippen LogP contribution < -0.4 is 17.0 Å². The van der Waals surface area contributed by atoms with Gasteiger partial charge in [0, 0.05) is 0 Å². The van der Waals surface area contributed by atoms with E-state index < -0.39 is 90.1 Å². The number of nitrogen functional groups attached to an aromatic ring is 2. The van der Waals surface area contributed by atoms with Crippen LogP contribution in [0.5, 0.6) is 0 Å². The van der Waals surface area contributed by atoms with Crippen LogP contribution in [0.4, 0.5) is 11.8 Å². The van der Waals surface area contributed by atoms with Crippen LogP contribution >= 0.6 is 15.9 Å². The van der Waals surface area contributed by atoms with Gasteiger partial charge < -0.3 is 50.8 Å². The summed E-state index contributed by atoms with van der Waals surface area (Å²) < 4.78 is 54.1. The minimum atomic E-state index is -5.09. The molecule has 0 radical (unpaired) electrons. The number of phosphoric acid groups is 1. The molecular weight excluding hydrogens is 662 g/mol. The molecular formula is C21H28N10O13P2. The van der Waals surface area contributed by atoms with Crippen molar-refractivity contribution in [2.45, 2.75) is 49.1 Å². The lowest BCUT2D eigenvalue weighted by atomic mass is 10.1. The number of imidazole rings is 2. The molecule has 6 unspecified atom stereocenters. The topological polar surface area (TPSA) is 341 Å². The van der Waals surface area contributed by atoms with Gasteiger partial charge in [-0.05, 0) is 0 Å². The molecule has 10 atom stereocenters. The van der Waals surface area contributed by atoms with Crippen LogP contribution in [-0.2, 0) is 32.4 Å². The Morgan fingerprint density at radius 3 is 2.35 bits per heavy atom. The number of phosphoric ester groups is 1. The van der Waals surface area contributed by atoms with Crippen molar-refractivity contribution < 1.29 is 57.5 Å². The summed E-state index contributed by atoms with van der Waals surface area (Å²) in [6.45, 7) is -1.53. The van der Waals surface area contributed by atoms with Gasteiger partial charge in [0.15, 0.2) is 35.1 Å². The standard InChI is InChI=1S/C21H28N10O13P2/c22-15-9-16(25-3-24-15)30(4-26-9)20-12(34)14(7(1-32)42-20)44-46(38,39)41-2-8-13(40-6-45(36)37)11(33)19(43-8)31-5-27-10-17(31)28-21(23)29-18(10)35/h3-5,7-8,11-14,19-20,32-34,45H,1-2,6H2,(H,36,37)(H,38,39)(H2,22,24,25)(H3,23,28,29,35)/t7-,8-,11?,12?,13?,14?,19-,20-/m1/s1. The third-order valence-corrected chi connectivity index (χ3v) is 8.64. The molecule has 0 amide bonds. The number of ether oxygens (including phenoxy) is 3. The van der Waals surface area contributed by atoms with Crippen molar-refractivity contribution >= 4 is 49.9 Å². The number of nitrogens with zero attached hydrogens (tertiary/aromatic N) is 7. The molecule has 2 fully saturated rings. The summed E-state index contributed by atoms with van der Waals surface area (Å²) in [4.78, 5) is 54.3. The highest BCUT2D eigenvalue weighted by Gasteiger charge is 2.51. The zero-order valence-corrected chi connectivity index (χ0v) is 25.1. The van der Waals surface area contributed by atoms with E-state index >= 15 is 0 Å². The van der Waals surface area contributed by atoms with E-state index in [0.29, 0.717) is 0 Å². The van der Waals surface area contributed by atoms with Gasteiger partial charge in [-0.25, -0.2) is 24.5 Å². The third kappa shape index (κ3) is 6.03. The molecule has 0 aromatic carbocycles. The SMILES string of the molecule is Nc1nc2c(ncn2[C@@H]2O[C@H](COP(=O)(O)OC3C(O)[C@H](n4cnc5c(N)ncnc54)O[C@@H]3CO)C(OC[PH](=O)O)C2O)c(=O)[nH]1. The fourth-order valence-electron chi connectivity index (χ4n) is 5.22. The van der Waals surface area contributed by atoms with Crippen LogP contribution in [0, 0.1) is 0 Å². The molecule has 4 aromatic heterocycles. The Balaban J connectivity index is 1.19. The first-order valence-corrected chi connectivity index (χ1v) is 16.4. The minimum absolute atomic E-state index is 0.0570. The summed E-state index contributed by atoms with van der Waals surface area (Å²) in [5.74, 6) is -0.196. The molecule has 0 saturated carbocycles. The van der Waals surface area contributed by atoms with Crippen LogP contribution in [0.15, 0.2) is 23.8 Å². The lowest BCUT2D eigenvalue weighted by Gasteiger charge is -2.24. The largest absolute Gasteiger partial charge is 0.472 e. The average Bonchev–Trinajstić information content (AvgIpc) is 3.76. The molecule has 4 aromatic rings. The summed E-state index contributed by atoms with van der Waals surface area (Å²) in [6, 6.07) is 0. The minimum Gasteiger partial charge on any atom is -0.394 e. The first-order chi connectivity index (χ1) is 21.9. The molecule has 0 bridgehead atoms. The number of nitrogens with two attached hydrogens (primary N) is 2. The average molecular weight is 690 g/mol. The normalized spacial score (nSPS) is 30.3. The van der Waals surface area contributed by atoms with Gasteiger partial charge in [0.1, 0.15) is 54.8 Å². The first kappa shape index (κ1) is 32.5. The number of fused-ring (bicyclic) bond motifs is 2. The molecule has 0 spiro atoms.